The quantitative estimate of drug-likeness (QED) is 0.485. The van der Waals surface area contributed by atoms with E-state index in [9.17, 15) is 18.5 Å². The van der Waals surface area contributed by atoms with Crippen molar-refractivity contribution in [2.75, 3.05) is 10.5 Å². The molecule has 1 aromatic carbocycles. The van der Waals surface area contributed by atoms with Gasteiger partial charge in [0.05, 0.1) is 16.0 Å². The second kappa shape index (κ2) is 4.81. The summed E-state index contributed by atoms with van der Waals surface area (Å²) in [5, 5.41) is 14.6. The van der Waals surface area contributed by atoms with Crippen molar-refractivity contribution in [2.24, 2.45) is 7.05 Å². The highest BCUT2D eigenvalue weighted by molar-refractivity contribution is 7.92. The van der Waals surface area contributed by atoms with E-state index in [0.717, 1.165) is 6.07 Å². The minimum absolute atomic E-state index is 0.102. The topological polar surface area (TPSA) is 133 Å². The van der Waals surface area contributed by atoms with Crippen LogP contribution in [0.1, 0.15) is 0 Å². The van der Waals surface area contributed by atoms with Crippen LogP contribution in [0, 0.1) is 10.1 Å². The van der Waals surface area contributed by atoms with Gasteiger partial charge in [-0.1, -0.05) is 0 Å². The molecule has 0 spiro atoms. The molecule has 9 nitrogen and oxygen atoms in total. The van der Waals surface area contributed by atoms with Crippen molar-refractivity contribution >= 4 is 27.2 Å². The summed E-state index contributed by atoms with van der Waals surface area (Å²) in [6.45, 7) is 0. The lowest BCUT2D eigenvalue weighted by Crippen LogP contribution is -2.15. The van der Waals surface area contributed by atoms with Gasteiger partial charge in [-0.05, 0) is 12.1 Å². The van der Waals surface area contributed by atoms with Crippen molar-refractivity contribution in [3.05, 3.63) is 40.6 Å². The lowest BCUT2D eigenvalue weighted by molar-refractivity contribution is -0.384. The molecule has 0 bridgehead atoms. The van der Waals surface area contributed by atoms with Gasteiger partial charge in [-0.15, -0.1) is 0 Å². The number of aromatic nitrogens is 2. The molecule has 0 aliphatic rings. The number of hydrogen-bond donors (Lipinski definition) is 2. The van der Waals surface area contributed by atoms with Crippen molar-refractivity contribution in [1.82, 2.24) is 9.78 Å². The Labute approximate surface area is 114 Å². The van der Waals surface area contributed by atoms with E-state index in [1.54, 1.807) is 7.05 Å². The Kier molecular flexibility index (Phi) is 3.32. The summed E-state index contributed by atoms with van der Waals surface area (Å²) in [6.07, 6.45) is 1.42. The van der Waals surface area contributed by atoms with Gasteiger partial charge in [0, 0.05) is 19.2 Å². The van der Waals surface area contributed by atoms with E-state index in [4.69, 9.17) is 5.73 Å². The predicted molar refractivity (Wildman–Crippen MR) is 71.5 cm³/mol. The third-order valence-electron chi connectivity index (χ3n) is 2.57. The SMILES string of the molecule is Cn1nccc1NS(=O)(=O)c1ccc(N)c([N+](=O)[O-])c1. The Morgan fingerprint density at radius 1 is 1.40 bits per heavy atom. The lowest BCUT2D eigenvalue weighted by atomic mass is 10.3. The zero-order valence-electron chi connectivity index (χ0n) is 10.3. The summed E-state index contributed by atoms with van der Waals surface area (Å²) >= 11 is 0. The maximum atomic E-state index is 12.1. The van der Waals surface area contributed by atoms with Gasteiger partial charge in [0.15, 0.2) is 0 Å². The summed E-state index contributed by atoms with van der Waals surface area (Å²) in [4.78, 5) is 9.78. The number of nitrogens with zero attached hydrogens (tertiary/aromatic N) is 3. The molecule has 1 heterocycles. The van der Waals surface area contributed by atoms with Crippen molar-refractivity contribution in [1.29, 1.82) is 0 Å². The Morgan fingerprint density at radius 2 is 2.10 bits per heavy atom. The number of sulfonamides is 1. The minimum Gasteiger partial charge on any atom is -0.393 e. The maximum absolute atomic E-state index is 12.1. The van der Waals surface area contributed by atoms with Crippen LogP contribution in [0.15, 0.2) is 35.4 Å². The standard InChI is InChI=1S/C10H11N5O4S/c1-14-10(4-5-12-14)13-20(18,19)7-2-3-8(11)9(6-7)15(16)17/h2-6,13H,11H2,1H3. The number of nitro benzene ring substituents is 1. The van der Waals surface area contributed by atoms with Gasteiger partial charge in [-0.3, -0.25) is 19.5 Å². The maximum Gasteiger partial charge on any atom is 0.293 e. The molecule has 20 heavy (non-hydrogen) atoms. The van der Waals surface area contributed by atoms with Crippen LogP contribution in [0.3, 0.4) is 0 Å². The average molecular weight is 297 g/mol. The summed E-state index contributed by atoms with van der Waals surface area (Å²) in [6, 6.07) is 4.74. The lowest BCUT2D eigenvalue weighted by Gasteiger charge is -2.08. The minimum atomic E-state index is -3.95. The average Bonchev–Trinajstić information content (AvgIpc) is 2.74. The van der Waals surface area contributed by atoms with Crippen LogP contribution in [-0.4, -0.2) is 23.1 Å². The number of nitrogen functional groups attached to an aromatic ring is 1. The second-order valence-corrected chi connectivity index (χ2v) is 5.61. The van der Waals surface area contributed by atoms with Gasteiger partial charge in [0.2, 0.25) is 0 Å². The molecule has 0 saturated heterocycles. The van der Waals surface area contributed by atoms with E-state index < -0.39 is 20.6 Å². The third-order valence-corrected chi connectivity index (χ3v) is 3.92. The van der Waals surface area contributed by atoms with Gasteiger partial charge in [-0.2, -0.15) is 5.10 Å². The molecule has 106 valence electrons. The highest BCUT2D eigenvalue weighted by Crippen LogP contribution is 2.25. The van der Waals surface area contributed by atoms with Crippen molar-refractivity contribution in [3.63, 3.8) is 0 Å². The fourth-order valence-corrected chi connectivity index (χ4v) is 2.63. The fraction of sp³-hybridized carbons (Fsp3) is 0.100. The van der Waals surface area contributed by atoms with Crippen LogP contribution in [0.2, 0.25) is 0 Å². The molecule has 0 unspecified atom stereocenters. The molecule has 3 N–H and O–H groups in total. The Hall–Kier alpha value is -2.62. The van der Waals surface area contributed by atoms with Crippen LogP contribution in [0.25, 0.3) is 0 Å². The van der Waals surface area contributed by atoms with E-state index in [2.05, 4.69) is 9.82 Å². The molecule has 10 heteroatoms. The summed E-state index contributed by atoms with van der Waals surface area (Å²) in [7, 11) is -2.39. The number of anilines is 2. The molecule has 1 aromatic heterocycles. The number of hydrogen-bond acceptors (Lipinski definition) is 6. The van der Waals surface area contributed by atoms with Crippen molar-refractivity contribution in [3.8, 4) is 0 Å². The molecule has 0 aliphatic carbocycles. The van der Waals surface area contributed by atoms with Crippen molar-refractivity contribution < 1.29 is 13.3 Å². The summed E-state index contributed by atoms with van der Waals surface area (Å²) in [5.41, 5.74) is 4.86. The largest absolute Gasteiger partial charge is 0.393 e. The molecule has 2 aromatic rings. The number of benzene rings is 1. The zero-order chi connectivity index (χ0) is 14.9. The summed E-state index contributed by atoms with van der Waals surface area (Å²) < 4.78 is 27.8. The number of nitrogens with one attached hydrogen (secondary N) is 1. The number of rotatable bonds is 4. The van der Waals surface area contributed by atoms with Crippen LogP contribution >= 0.6 is 0 Å². The number of nitro groups is 1. The molecule has 0 atom stereocenters. The fourth-order valence-electron chi connectivity index (χ4n) is 1.52. The van der Waals surface area contributed by atoms with Crippen LogP contribution in [0.4, 0.5) is 17.2 Å². The molecule has 0 aliphatic heterocycles. The molecule has 0 amide bonds. The smallest absolute Gasteiger partial charge is 0.293 e. The normalized spacial score (nSPS) is 11.2. The second-order valence-electron chi connectivity index (χ2n) is 3.92. The zero-order valence-corrected chi connectivity index (χ0v) is 11.2. The van der Waals surface area contributed by atoms with Gasteiger partial charge in [-0.25, -0.2) is 8.42 Å². The van der Waals surface area contributed by atoms with Crippen molar-refractivity contribution in [2.45, 2.75) is 4.90 Å². The van der Waals surface area contributed by atoms with E-state index >= 15 is 0 Å². The van der Waals surface area contributed by atoms with E-state index in [1.807, 2.05) is 0 Å². The molecular formula is C10H11N5O4S. The number of aryl methyl sites for hydroxylation is 1. The predicted octanol–water partition coefficient (Wildman–Crippen LogP) is 0.711. The molecule has 2 rings (SSSR count). The Balaban J connectivity index is 2.42. The first-order valence-electron chi connectivity index (χ1n) is 5.36. The van der Waals surface area contributed by atoms with Gasteiger partial charge >= 0.3 is 0 Å². The first-order valence-corrected chi connectivity index (χ1v) is 6.84. The Morgan fingerprint density at radius 3 is 2.65 bits per heavy atom. The first kappa shape index (κ1) is 13.8. The highest BCUT2D eigenvalue weighted by Gasteiger charge is 2.21. The molecular weight excluding hydrogens is 286 g/mol. The molecule has 0 radical (unpaired) electrons. The monoisotopic (exact) mass is 297 g/mol. The molecule has 0 fully saturated rings. The number of nitrogens with two attached hydrogens (primary N) is 1. The van der Waals surface area contributed by atoms with E-state index in [1.165, 1.54) is 29.1 Å². The van der Waals surface area contributed by atoms with Crippen LogP contribution < -0.4 is 10.5 Å². The third kappa shape index (κ3) is 2.54. The van der Waals surface area contributed by atoms with Crippen LogP contribution in [0.5, 0.6) is 0 Å². The van der Waals surface area contributed by atoms with E-state index in [-0.39, 0.29) is 16.4 Å². The summed E-state index contributed by atoms with van der Waals surface area (Å²) in [5.74, 6) is 0.240. The highest BCUT2D eigenvalue weighted by atomic mass is 32.2. The Bertz CT molecular complexity index is 768. The first-order chi connectivity index (χ1) is 9.31. The van der Waals surface area contributed by atoms with Crippen LogP contribution in [-0.2, 0) is 17.1 Å². The van der Waals surface area contributed by atoms with Gasteiger partial charge in [0.1, 0.15) is 11.5 Å². The van der Waals surface area contributed by atoms with E-state index in [0.29, 0.717) is 0 Å². The van der Waals surface area contributed by atoms with Gasteiger partial charge < -0.3 is 5.73 Å². The van der Waals surface area contributed by atoms with Gasteiger partial charge in [0.25, 0.3) is 15.7 Å². The molecule has 0 saturated carbocycles.